The van der Waals surface area contributed by atoms with Crippen LogP contribution in [-0.2, 0) is 4.87 Å². The van der Waals surface area contributed by atoms with Gasteiger partial charge in [-0.15, -0.1) is 11.6 Å². The maximum absolute atomic E-state index is 6.88. The maximum atomic E-state index is 6.88. The molecule has 0 aliphatic heterocycles. The van der Waals surface area contributed by atoms with Crippen molar-refractivity contribution in [3.05, 3.63) is 35.9 Å². The number of rotatable bonds is 1. The summed E-state index contributed by atoms with van der Waals surface area (Å²) in [6, 6.07) is 10.7. The Morgan fingerprint density at radius 2 is 1.93 bits per heavy atom. The number of benzene rings is 1. The molecule has 2 fully saturated rings. The van der Waals surface area contributed by atoms with E-state index in [4.69, 9.17) is 11.6 Å². The predicted molar refractivity (Wildman–Crippen MR) is 64.0 cm³/mol. The normalized spacial score (nSPS) is 43.5. The van der Waals surface area contributed by atoms with Gasteiger partial charge in [0.05, 0.1) is 4.87 Å². The third-order valence-electron chi connectivity index (χ3n) is 4.63. The van der Waals surface area contributed by atoms with E-state index in [1.807, 2.05) is 0 Å². The quantitative estimate of drug-likeness (QED) is 0.618. The minimum Gasteiger partial charge on any atom is -0.113 e. The number of halogens is 1. The van der Waals surface area contributed by atoms with E-state index < -0.39 is 0 Å². The molecule has 3 atom stereocenters. The zero-order valence-corrected chi connectivity index (χ0v) is 9.93. The highest BCUT2D eigenvalue weighted by Gasteiger charge is 2.73. The minimum atomic E-state index is -0.0508. The van der Waals surface area contributed by atoms with Crippen LogP contribution in [0.4, 0.5) is 0 Å². The third-order valence-corrected chi connectivity index (χ3v) is 5.54. The second-order valence-electron chi connectivity index (χ2n) is 5.29. The van der Waals surface area contributed by atoms with Crippen LogP contribution in [0.3, 0.4) is 0 Å². The minimum absolute atomic E-state index is 0.0508. The van der Waals surface area contributed by atoms with Gasteiger partial charge in [0.25, 0.3) is 0 Å². The number of alkyl halides is 1. The summed E-state index contributed by atoms with van der Waals surface area (Å²) in [5.74, 6) is 0.711. The molecule has 2 saturated carbocycles. The molecule has 3 unspecified atom stereocenters. The Kier molecular flexibility index (Phi) is 1.95. The SMILES string of the molecule is CC12CCCCC1C2(Cl)c1ccccc1. The topological polar surface area (TPSA) is 0 Å². The number of hydrogen-bond acceptors (Lipinski definition) is 0. The van der Waals surface area contributed by atoms with Crippen molar-refractivity contribution in [1.82, 2.24) is 0 Å². The molecule has 0 bridgehead atoms. The Hall–Kier alpha value is -0.490. The van der Waals surface area contributed by atoms with Gasteiger partial charge in [0, 0.05) is 0 Å². The van der Waals surface area contributed by atoms with Crippen LogP contribution in [0, 0.1) is 11.3 Å². The molecule has 0 spiro atoms. The zero-order chi connectivity index (χ0) is 10.5. The van der Waals surface area contributed by atoms with Crippen LogP contribution in [-0.4, -0.2) is 0 Å². The molecule has 0 amide bonds. The molecule has 1 aromatic rings. The van der Waals surface area contributed by atoms with E-state index in [1.165, 1.54) is 31.2 Å². The van der Waals surface area contributed by atoms with E-state index in [2.05, 4.69) is 37.3 Å². The molecule has 0 radical (unpaired) electrons. The lowest BCUT2D eigenvalue weighted by atomic mass is 9.89. The van der Waals surface area contributed by atoms with Gasteiger partial charge in [0.15, 0.2) is 0 Å². The summed E-state index contributed by atoms with van der Waals surface area (Å²) in [4.78, 5) is -0.0508. The van der Waals surface area contributed by atoms with Gasteiger partial charge in [0.2, 0.25) is 0 Å². The molecule has 2 aliphatic carbocycles. The van der Waals surface area contributed by atoms with Gasteiger partial charge < -0.3 is 0 Å². The zero-order valence-electron chi connectivity index (χ0n) is 9.17. The van der Waals surface area contributed by atoms with Crippen LogP contribution in [0.15, 0.2) is 30.3 Å². The van der Waals surface area contributed by atoms with E-state index in [0.29, 0.717) is 11.3 Å². The summed E-state index contributed by atoms with van der Waals surface area (Å²) in [6.45, 7) is 2.37. The second kappa shape index (κ2) is 3.01. The monoisotopic (exact) mass is 220 g/mol. The predicted octanol–water partition coefficient (Wildman–Crippen LogP) is 4.33. The van der Waals surface area contributed by atoms with E-state index in [9.17, 15) is 0 Å². The first-order valence-corrected chi connectivity index (χ1v) is 6.32. The lowest BCUT2D eigenvalue weighted by molar-refractivity contribution is 0.362. The van der Waals surface area contributed by atoms with E-state index in [-0.39, 0.29) is 4.87 Å². The molecule has 1 heteroatoms. The second-order valence-corrected chi connectivity index (χ2v) is 5.89. The lowest BCUT2D eigenvalue weighted by Crippen LogP contribution is -2.09. The van der Waals surface area contributed by atoms with Gasteiger partial charge in [-0.05, 0) is 29.7 Å². The Labute approximate surface area is 96.6 Å². The van der Waals surface area contributed by atoms with Gasteiger partial charge in [-0.2, -0.15) is 0 Å². The van der Waals surface area contributed by atoms with Crippen molar-refractivity contribution < 1.29 is 0 Å². The van der Waals surface area contributed by atoms with Crippen LogP contribution in [0.5, 0.6) is 0 Å². The first-order chi connectivity index (χ1) is 7.19. The molecule has 80 valence electrons. The van der Waals surface area contributed by atoms with Crippen LogP contribution >= 0.6 is 11.6 Å². The molecular formula is C14H17Cl. The van der Waals surface area contributed by atoms with E-state index >= 15 is 0 Å². The van der Waals surface area contributed by atoms with Crippen LogP contribution in [0.25, 0.3) is 0 Å². The summed E-state index contributed by atoms with van der Waals surface area (Å²) >= 11 is 6.88. The van der Waals surface area contributed by atoms with Crippen LogP contribution in [0.1, 0.15) is 38.2 Å². The molecule has 0 N–H and O–H groups in total. The maximum Gasteiger partial charge on any atom is 0.0785 e. The first-order valence-electron chi connectivity index (χ1n) is 5.94. The van der Waals surface area contributed by atoms with E-state index in [0.717, 1.165) is 0 Å². The fourth-order valence-electron chi connectivity index (χ4n) is 3.65. The van der Waals surface area contributed by atoms with Gasteiger partial charge in [-0.3, -0.25) is 0 Å². The smallest absolute Gasteiger partial charge is 0.0785 e. The van der Waals surface area contributed by atoms with Crippen molar-refractivity contribution in [1.29, 1.82) is 0 Å². The molecule has 0 aromatic heterocycles. The molecule has 0 saturated heterocycles. The van der Waals surface area contributed by atoms with Gasteiger partial charge >= 0.3 is 0 Å². The average Bonchev–Trinajstić information content (AvgIpc) is 2.80. The summed E-state index contributed by atoms with van der Waals surface area (Å²) in [7, 11) is 0. The molecule has 3 rings (SSSR count). The fourth-order valence-corrected chi connectivity index (χ4v) is 4.30. The van der Waals surface area contributed by atoms with Crippen molar-refractivity contribution in [3.63, 3.8) is 0 Å². The van der Waals surface area contributed by atoms with Crippen molar-refractivity contribution in [2.24, 2.45) is 11.3 Å². The summed E-state index contributed by atoms with van der Waals surface area (Å²) in [5, 5.41) is 0. The molecule has 0 nitrogen and oxygen atoms in total. The first kappa shape index (κ1) is 9.72. The van der Waals surface area contributed by atoms with Crippen LogP contribution < -0.4 is 0 Å². The highest BCUT2D eigenvalue weighted by molar-refractivity contribution is 6.27. The Balaban J connectivity index is 2.00. The van der Waals surface area contributed by atoms with Gasteiger partial charge in [0.1, 0.15) is 0 Å². The largest absolute Gasteiger partial charge is 0.113 e. The van der Waals surface area contributed by atoms with Crippen molar-refractivity contribution in [2.45, 2.75) is 37.5 Å². The van der Waals surface area contributed by atoms with Gasteiger partial charge in [-0.25, -0.2) is 0 Å². The fraction of sp³-hybridized carbons (Fsp3) is 0.571. The molecule has 1 aromatic carbocycles. The summed E-state index contributed by atoms with van der Waals surface area (Å²) in [5.41, 5.74) is 1.70. The molecule has 15 heavy (non-hydrogen) atoms. The standard InChI is InChI=1S/C14H17Cl/c1-13-10-6-5-9-12(13)14(13,15)11-7-3-2-4-8-11/h2-4,7-8,12H,5-6,9-10H2,1H3. The highest BCUT2D eigenvalue weighted by atomic mass is 35.5. The third kappa shape index (κ3) is 1.09. The molecule has 0 heterocycles. The summed E-state index contributed by atoms with van der Waals surface area (Å²) < 4.78 is 0. The highest BCUT2D eigenvalue weighted by Crippen LogP contribution is 2.77. The number of fused-ring (bicyclic) bond motifs is 1. The lowest BCUT2D eigenvalue weighted by Gasteiger charge is -2.17. The van der Waals surface area contributed by atoms with Crippen LogP contribution in [0.2, 0.25) is 0 Å². The Morgan fingerprint density at radius 3 is 2.53 bits per heavy atom. The van der Waals surface area contributed by atoms with Gasteiger partial charge in [-0.1, -0.05) is 50.1 Å². The Bertz CT molecular complexity index is 372. The molecule has 2 aliphatic rings. The van der Waals surface area contributed by atoms with Crippen molar-refractivity contribution >= 4 is 11.6 Å². The van der Waals surface area contributed by atoms with Crippen molar-refractivity contribution in [2.75, 3.05) is 0 Å². The average molecular weight is 221 g/mol. The Morgan fingerprint density at radius 1 is 1.20 bits per heavy atom. The summed E-state index contributed by atoms with van der Waals surface area (Å²) in [6.07, 6.45) is 5.33. The van der Waals surface area contributed by atoms with E-state index in [1.54, 1.807) is 0 Å². The molecular weight excluding hydrogens is 204 g/mol. The number of hydrogen-bond donors (Lipinski definition) is 0. The van der Waals surface area contributed by atoms with Crippen molar-refractivity contribution in [3.8, 4) is 0 Å².